The van der Waals surface area contributed by atoms with E-state index >= 15 is 0 Å². The first-order chi connectivity index (χ1) is 9.21. The van der Waals surface area contributed by atoms with Crippen molar-refractivity contribution in [2.75, 3.05) is 6.54 Å². The van der Waals surface area contributed by atoms with Crippen LogP contribution in [0.2, 0.25) is 0 Å². The molecule has 0 aromatic heterocycles. The minimum Gasteiger partial charge on any atom is -0.478 e. The van der Waals surface area contributed by atoms with Gasteiger partial charge in [0.1, 0.15) is 16.0 Å². The number of hydrogen-bond acceptors (Lipinski definition) is 4. The fraction of sp³-hybridized carbons (Fsp3) is 0.333. The van der Waals surface area contributed by atoms with E-state index in [1.54, 1.807) is 6.92 Å². The van der Waals surface area contributed by atoms with E-state index in [9.17, 15) is 22.4 Å². The van der Waals surface area contributed by atoms with Crippen molar-refractivity contribution in [3.8, 4) is 0 Å². The molecular formula is C12H14FNO5S. The fourth-order valence-electron chi connectivity index (χ4n) is 1.51. The Labute approximate surface area is 115 Å². The van der Waals surface area contributed by atoms with Gasteiger partial charge in [0.15, 0.2) is 9.84 Å². The molecule has 0 saturated carbocycles. The molecule has 0 radical (unpaired) electrons. The summed E-state index contributed by atoms with van der Waals surface area (Å²) < 4.78 is 37.9. The summed E-state index contributed by atoms with van der Waals surface area (Å²) in [5, 5.41) is 9.56. The zero-order valence-corrected chi connectivity index (χ0v) is 11.7. The van der Waals surface area contributed by atoms with Gasteiger partial charge in [-0.05, 0) is 32.0 Å². The zero-order chi connectivity index (χ0) is 15.5. The normalized spacial score (nSPS) is 12.8. The number of amides is 1. The second-order valence-electron chi connectivity index (χ2n) is 4.03. The number of carboxylic acids is 1. The number of rotatable bonds is 5. The number of hydrogen-bond donors (Lipinski definition) is 2. The van der Waals surface area contributed by atoms with Gasteiger partial charge in [-0.1, -0.05) is 0 Å². The van der Waals surface area contributed by atoms with E-state index in [1.807, 2.05) is 0 Å². The van der Waals surface area contributed by atoms with Crippen LogP contribution >= 0.6 is 0 Å². The molecule has 1 unspecified atom stereocenters. The van der Waals surface area contributed by atoms with E-state index in [0.29, 0.717) is 6.07 Å². The monoisotopic (exact) mass is 303 g/mol. The molecule has 20 heavy (non-hydrogen) atoms. The quantitative estimate of drug-likeness (QED) is 0.839. The summed E-state index contributed by atoms with van der Waals surface area (Å²) in [6, 6.07) is 2.44. The van der Waals surface area contributed by atoms with Crippen LogP contribution in [0.5, 0.6) is 0 Å². The highest BCUT2D eigenvalue weighted by atomic mass is 32.2. The molecule has 110 valence electrons. The lowest BCUT2D eigenvalue weighted by Gasteiger charge is -2.13. The Morgan fingerprint density at radius 2 is 2.00 bits per heavy atom. The molecule has 0 heterocycles. The van der Waals surface area contributed by atoms with E-state index in [-0.39, 0.29) is 12.1 Å². The minimum absolute atomic E-state index is 0.249. The Bertz CT molecular complexity index is 641. The molecule has 0 aliphatic heterocycles. The summed E-state index contributed by atoms with van der Waals surface area (Å²) in [6.45, 7) is 3.02. The topological polar surface area (TPSA) is 101 Å². The molecule has 6 nitrogen and oxygen atoms in total. The van der Waals surface area contributed by atoms with Crippen molar-refractivity contribution in [1.82, 2.24) is 5.32 Å². The molecule has 0 spiro atoms. The molecule has 0 aliphatic rings. The average molecular weight is 303 g/mol. The lowest BCUT2D eigenvalue weighted by molar-refractivity contribution is -0.120. The van der Waals surface area contributed by atoms with Crippen molar-refractivity contribution in [2.24, 2.45) is 0 Å². The number of aromatic carboxylic acids is 1. The van der Waals surface area contributed by atoms with Crippen LogP contribution in [0.25, 0.3) is 0 Å². The number of nitrogens with one attached hydrogen (secondary N) is 1. The van der Waals surface area contributed by atoms with Gasteiger partial charge in [0.2, 0.25) is 5.91 Å². The first-order valence-electron chi connectivity index (χ1n) is 5.76. The smallest absolute Gasteiger partial charge is 0.335 e. The lowest BCUT2D eigenvalue weighted by atomic mass is 10.2. The highest BCUT2D eigenvalue weighted by Crippen LogP contribution is 2.21. The predicted octanol–water partition coefficient (Wildman–Crippen LogP) is 0.822. The maximum Gasteiger partial charge on any atom is 0.335 e. The van der Waals surface area contributed by atoms with E-state index in [1.165, 1.54) is 0 Å². The summed E-state index contributed by atoms with van der Waals surface area (Å²) in [4.78, 5) is 21.5. The van der Waals surface area contributed by atoms with Crippen LogP contribution in [-0.2, 0) is 14.6 Å². The lowest BCUT2D eigenvalue weighted by Crippen LogP contribution is -2.38. The highest BCUT2D eigenvalue weighted by molar-refractivity contribution is 7.92. The first kappa shape index (κ1) is 16.1. The van der Waals surface area contributed by atoms with Crippen LogP contribution < -0.4 is 5.32 Å². The summed E-state index contributed by atoms with van der Waals surface area (Å²) in [5.74, 6) is -3.31. The Morgan fingerprint density at radius 3 is 2.45 bits per heavy atom. The van der Waals surface area contributed by atoms with Crippen LogP contribution in [0.4, 0.5) is 4.39 Å². The number of carboxylic acid groups (broad SMARTS) is 1. The SMILES string of the molecule is CCNC(=O)C(C)S(=O)(=O)c1ccc(C(=O)O)cc1F. The third kappa shape index (κ3) is 3.13. The van der Waals surface area contributed by atoms with Crippen LogP contribution in [0.15, 0.2) is 23.1 Å². The largest absolute Gasteiger partial charge is 0.478 e. The molecule has 2 N–H and O–H groups in total. The van der Waals surface area contributed by atoms with Crippen LogP contribution in [0.1, 0.15) is 24.2 Å². The second kappa shape index (κ2) is 6.00. The Kier molecular flexibility index (Phi) is 4.83. The maximum absolute atomic E-state index is 13.7. The van der Waals surface area contributed by atoms with Gasteiger partial charge in [0.05, 0.1) is 5.56 Å². The molecule has 1 atom stereocenters. The van der Waals surface area contributed by atoms with E-state index < -0.39 is 37.7 Å². The van der Waals surface area contributed by atoms with Crippen LogP contribution in [0, 0.1) is 5.82 Å². The highest BCUT2D eigenvalue weighted by Gasteiger charge is 2.32. The van der Waals surface area contributed by atoms with Gasteiger partial charge in [0.25, 0.3) is 0 Å². The minimum atomic E-state index is -4.21. The molecule has 1 aromatic carbocycles. The molecule has 0 aliphatic carbocycles. The molecule has 1 rings (SSSR count). The Balaban J connectivity index is 3.23. The summed E-state index contributed by atoms with van der Waals surface area (Å²) in [6.07, 6.45) is 0. The van der Waals surface area contributed by atoms with Crippen LogP contribution in [0.3, 0.4) is 0 Å². The van der Waals surface area contributed by atoms with E-state index in [4.69, 9.17) is 5.11 Å². The zero-order valence-electron chi connectivity index (χ0n) is 10.9. The summed E-state index contributed by atoms with van der Waals surface area (Å²) >= 11 is 0. The predicted molar refractivity (Wildman–Crippen MR) is 68.7 cm³/mol. The van der Waals surface area contributed by atoms with Gasteiger partial charge in [-0.3, -0.25) is 4.79 Å². The Hall–Kier alpha value is -1.96. The summed E-state index contributed by atoms with van der Waals surface area (Å²) in [7, 11) is -4.21. The van der Waals surface area contributed by atoms with Gasteiger partial charge in [0, 0.05) is 6.54 Å². The van der Waals surface area contributed by atoms with Gasteiger partial charge in [-0.15, -0.1) is 0 Å². The van der Waals surface area contributed by atoms with Crippen molar-refractivity contribution in [3.05, 3.63) is 29.6 Å². The number of carbonyl (C=O) groups is 2. The molecule has 8 heteroatoms. The standard InChI is InChI=1S/C12H14FNO5S/c1-3-14-11(15)7(2)20(18,19)10-5-4-8(12(16)17)6-9(10)13/h4-7H,3H2,1-2H3,(H,14,15)(H,16,17). The van der Waals surface area contributed by atoms with E-state index in [0.717, 1.165) is 19.1 Å². The Morgan fingerprint density at radius 1 is 1.40 bits per heavy atom. The number of carbonyl (C=O) groups excluding carboxylic acids is 1. The van der Waals surface area contributed by atoms with Gasteiger partial charge in [-0.2, -0.15) is 0 Å². The van der Waals surface area contributed by atoms with Gasteiger partial charge >= 0.3 is 5.97 Å². The van der Waals surface area contributed by atoms with Gasteiger partial charge < -0.3 is 10.4 Å². The summed E-state index contributed by atoms with van der Waals surface area (Å²) in [5.41, 5.74) is -0.368. The van der Waals surface area contributed by atoms with Crippen molar-refractivity contribution >= 4 is 21.7 Å². The number of halogens is 1. The fourth-order valence-corrected chi connectivity index (χ4v) is 2.85. The second-order valence-corrected chi connectivity index (χ2v) is 6.27. The molecule has 1 aromatic rings. The van der Waals surface area contributed by atoms with E-state index in [2.05, 4.69) is 5.32 Å². The van der Waals surface area contributed by atoms with Crippen molar-refractivity contribution in [2.45, 2.75) is 24.0 Å². The molecular weight excluding hydrogens is 289 g/mol. The van der Waals surface area contributed by atoms with Crippen molar-refractivity contribution in [3.63, 3.8) is 0 Å². The molecule has 0 bridgehead atoms. The van der Waals surface area contributed by atoms with Crippen molar-refractivity contribution < 1.29 is 27.5 Å². The average Bonchev–Trinajstić information content (AvgIpc) is 2.37. The molecule has 0 fully saturated rings. The maximum atomic E-state index is 13.7. The first-order valence-corrected chi connectivity index (χ1v) is 7.31. The third-order valence-electron chi connectivity index (χ3n) is 2.67. The van der Waals surface area contributed by atoms with Gasteiger partial charge in [-0.25, -0.2) is 17.6 Å². The van der Waals surface area contributed by atoms with Crippen molar-refractivity contribution in [1.29, 1.82) is 0 Å². The number of benzene rings is 1. The number of sulfone groups is 1. The molecule has 1 amide bonds. The van der Waals surface area contributed by atoms with Crippen LogP contribution in [-0.4, -0.2) is 37.2 Å². The third-order valence-corrected chi connectivity index (χ3v) is 4.76. The molecule has 0 saturated heterocycles.